The Morgan fingerprint density at radius 3 is 2.64 bits per heavy atom. The van der Waals surface area contributed by atoms with E-state index in [0.717, 1.165) is 0 Å². The Hall–Kier alpha value is -2.77. The Kier molecular flexibility index (Phi) is 5.84. The van der Waals surface area contributed by atoms with E-state index in [2.05, 4.69) is 15.4 Å². The molecule has 0 radical (unpaired) electrons. The summed E-state index contributed by atoms with van der Waals surface area (Å²) in [5.41, 5.74) is 0.481. The topological polar surface area (TPSA) is 97.1 Å². The highest BCUT2D eigenvalue weighted by molar-refractivity contribution is 5.90. The van der Waals surface area contributed by atoms with Crippen molar-refractivity contribution in [3.05, 3.63) is 41.7 Å². The summed E-state index contributed by atoms with van der Waals surface area (Å²) >= 11 is 0. The number of carbonyl (C=O) groups excluding carboxylic acids is 1. The van der Waals surface area contributed by atoms with Crippen molar-refractivity contribution in [2.24, 2.45) is 5.92 Å². The van der Waals surface area contributed by atoms with Crippen LogP contribution in [-0.4, -0.2) is 38.3 Å². The van der Waals surface area contributed by atoms with Crippen LogP contribution in [0, 0.1) is 11.7 Å². The van der Waals surface area contributed by atoms with Crippen LogP contribution in [0.2, 0.25) is 0 Å². The van der Waals surface area contributed by atoms with Gasteiger partial charge in [-0.2, -0.15) is 0 Å². The number of carboxylic acid groups (broad SMARTS) is 1. The third-order valence-corrected chi connectivity index (χ3v) is 3.54. The van der Waals surface area contributed by atoms with Crippen LogP contribution < -0.4 is 5.32 Å². The van der Waals surface area contributed by atoms with Crippen LogP contribution in [0.25, 0.3) is 5.69 Å². The van der Waals surface area contributed by atoms with Crippen molar-refractivity contribution in [1.82, 2.24) is 20.1 Å². The molecule has 134 valence electrons. The number of benzene rings is 1. The highest BCUT2D eigenvalue weighted by atomic mass is 19.1. The van der Waals surface area contributed by atoms with Gasteiger partial charge < -0.3 is 10.4 Å². The maximum atomic E-state index is 13.5. The first-order valence-electron chi connectivity index (χ1n) is 8.00. The van der Waals surface area contributed by atoms with E-state index in [9.17, 15) is 14.0 Å². The maximum absolute atomic E-state index is 13.5. The van der Waals surface area contributed by atoms with Gasteiger partial charge in [0.05, 0.1) is 5.69 Å². The lowest BCUT2D eigenvalue weighted by molar-refractivity contribution is -0.137. The van der Waals surface area contributed by atoms with Crippen LogP contribution in [0.3, 0.4) is 0 Å². The second-order valence-corrected chi connectivity index (χ2v) is 6.25. The summed E-state index contributed by atoms with van der Waals surface area (Å²) in [5.74, 6) is -1.55. The van der Waals surface area contributed by atoms with Crippen molar-refractivity contribution in [2.45, 2.75) is 33.1 Å². The quantitative estimate of drug-likeness (QED) is 0.801. The van der Waals surface area contributed by atoms with Gasteiger partial charge >= 0.3 is 5.97 Å². The molecule has 1 heterocycles. The molecule has 1 aromatic heterocycles. The van der Waals surface area contributed by atoms with Gasteiger partial charge in [0.2, 0.25) is 5.82 Å². The predicted octanol–water partition coefficient (Wildman–Crippen LogP) is 2.37. The number of nitrogens with zero attached hydrogens (tertiary/aromatic N) is 3. The molecule has 0 aliphatic heterocycles. The van der Waals surface area contributed by atoms with Crippen LogP contribution in [0.15, 0.2) is 24.3 Å². The van der Waals surface area contributed by atoms with Crippen molar-refractivity contribution in [3.8, 4) is 5.69 Å². The monoisotopic (exact) mass is 348 g/mol. The molecule has 2 rings (SSSR count). The Morgan fingerprint density at radius 2 is 2.04 bits per heavy atom. The molecule has 2 N–H and O–H groups in total. The zero-order chi connectivity index (χ0) is 18.6. The number of hydrogen-bond donors (Lipinski definition) is 2. The normalized spacial score (nSPS) is 12.2. The molecule has 25 heavy (non-hydrogen) atoms. The molecular weight excluding hydrogens is 327 g/mol. The lowest BCUT2D eigenvalue weighted by atomic mass is 10.1. The number of aliphatic carboxylic acids is 1. The third-order valence-electron chi connectivity index (χ3n) is 3.54. The number of rotatable bonds is 7. The van der Waals surface area contributed by atoms with Crippen molar-refractivity contribution >= 4 is 11.9 Å². The van der Waals surface area contributed by atoms with Crippen molar-refractivity contribution < 1.29 is 19.1 Å². The van der Waals surface area contributed by atoms with E-state index >= 15 is 0 Å². The molecule has 0 fully saturated rings. The first-order valence-corrected chi connectivity index (χ1v) is 8.00. The number of hydrogen-bond acceptors (Lipinski definition) is 4. The minimum absolute atomic E-state index is 0.0248. The van der Waals surface area contributed by atoms with Gasteiger partial charge in [-0.05, 0) is 24.1 Å². The smallest absolute Gasteiger partial charge is 0.303 e. The summed E-state index contributed by atoms with van der Waals surface area (Å²) < 4.78 is 14.9. The Bertz CT molecular complexity index is 773. The predicted molar refractivity (Wildman–Crippen MR) is 89.2 cm³/mol. The van der Waals surface area contributed by atoms with E-state index < -0.39 is 17.7 Å². The molecule has 0 spiro atoms. The molecule has 8 heteroatoms. The van der Waals surface area contributed by atoms with Gasteiger partial charge in [0.15, 0.2) is 0 Å². The van der Waals surface area contributed by atoms with E-state index in [1.807, 2.05) is 13.8 Å². The number of carbonyl (C=O) groups is 2. The second kappa shape index (κ2) is 7.87. The van der Waals surface area contributed by atoms with Gasteiger partial charge in [-0.25, -0.2) is 14.1 Å². The van der Waals surface area contributed by atoms with Gasteiger partial charge in [0, 0.05) is 18.9 Å². The molecule has 0 bridgehead atoms. The lowest BCUT2D eigenvalue weighted by Crippen LogP contribution is -2.30. The molecule has 7 nitrogen and oxygen atoms in total. The van der Waals surface area contributed by atoms with Gasteiger partial charge in [-0.1, -0.05) is 26.8 Å². The van der Waals surface area contributed by atoms with E-state index in [4.69, 9.17) is 5.11 Å². The molecule has 2 aromatic rings. The minimum atomic E-state index is -0.919. The lowest BCUT2D eigenvalue weighted by Gasteiger charge is -2.08. The molecule has 0 aliphatic carbocycles. The molecule has 0 saturated heterocycles. The number of carboxylic acids is 1. The average molecular weight is 348 g/mol. The SMILES string of the molecule is CC(CNC(=O)c1nc(C(C)C)n(-c2cccc(F)c2)n1)CC(=O)O. The second-order valence-electron chi connectivity index (χ2n) is 6.25. The van der Waals surface area contributed by atoms with Crippen molar-refractivity contribution in [2.75, 3.05) is 6.54 Å². The molecule has 1 atom stereocenters. The molecule has 0 saturated carbocycles. The van der Waals surface area contributed by atoms with Gasteiger partial charge in [0.1, 0.15) is 11.6 Å². The fraction of sp³-hybridized carbons (Fsp3) is 0.412. The number of nitrogens with one attached hydrogen (secondary N) is 1. The van der Waals surface area contributed by atoms with Crippen molar-refractivity contribution in [3.63, 3.8) is 0 Å². The Balaban J connectivity index is 2.21. The minimum Gasteiger partial charge on any atom is -0.481 e. The van der Waals surface area contributed by atoms with Crippen LogP contribution >= 0.6 is 0 Å². The zero-order valence-electron chi connectivity index (χ0n) is 14.4. The average Bonchev–Trinajstić information content (AvgIpc) is 2.97. The van der Waals surface area contributed by atoms with Crippen molar-refractivity contribution in [1.29, 1.82) is 0 Å². The molecule has 1 aromatic carbocycles. The number of amides is 1. The summed E-state index contributed by atoms with van der Waals surface area (Å²) in [6.07, 6.45) is -0.0390. The molecule has 1 unspecified atom stereocenters. The first kappa shape index (κ1) is 18.6. The van der Waals surface area contributed by atoms with Gasteiger partial charge in [0.25, 0.3) is 5.91 Å². The van der Waals surface area contributed by atoms with E-state index in [1.165, 1.54) is 16.8 Å². The molecule has 0 aliphatic rings. The summed E-state index contributed by atoms with van der Waals surface area (Å²) in [6, 6.07) is 5.88. The summed E-state index contributed by atoms with van der Waals surface area (Å²) in [5, 5.41) is 15.6. The Morgan fingerprint density at radius 1 is 1.32 bits per heavy atom. The fourth-order valence-electron chi connectivity index (χ4n) is 2.31. The van der Waals surface area contributed by atoms with Gasteiger partial charge in [-0.3, -0.25) is 9.59 Å². The maximum Gasteiger partial charge on any atom is 0.303 e. The van der Waals surface area contributed by atoms with Crippen LogP contribution in [0.1, 0.15) is 49.6 Å². The zero-order valence-corrected chi connectivity index (χ0v) is 14.4. The summed E-state index contributed by atoms with van der Waals surface area (Å²) in [6.45, 7) is 5.73. The molecular formula is C17H21FN4O3. The van der Waals surface area contributed by atoms with Crippen LogP contribution in [0.4, 0.5) is 4.39 Å². The van der Waals surface area contributed by atoms with E-state index in [0.29, 0.717) is 11.5 Å². The molecule has 1 amide bonds. The Labute approximate surface area is 144 Å². The first-order chi connectivity index (χ1) is 11.8. The third kappa shape index (κ3) is 4.85. The highest BCUT2D eigenvalue weighted by Crippen LogP contribution is 2.18. The summed E-state index contributed by atoms with van der Waals surface area (Å²) in [7, 11) is 0. The fourth-order valence-corrected chi connectivity index (χ4v) is 2.31. The van der Waals surface area contributed by atoms with Crippen LogP contribution in [0.5, 0.6) is 0 Å². The highest BCUT2D eigenvalue weighted by Gasteiger charge is 2.20. The van der Waals surface area contributed by atoms with E-state index in [-0.39, 0.29) is 30.6 Å². The summed E-state index contributed by atoms with van der Waals surface area (Å²) in [4.78, 5) is 27.2. The van der Waals surface area contributed by atoms with Gasteiger partial charge in [-0.15, -0.1) is 5.10 Å². The van der Waals surface area contributed by atoms with Crippen LogP contribution in [-0.2, 0) is 4.79 Å². The van der Waals surface area contributed by atoms with E-state index in [1.54, 1.807) is 19.1 Å². The number of halogens is 1. The largest absolute Gasteiger partial charge is 0.481 e. The standard InChI is InChI=1S/C17H21FN4O3/c1-10(2)16-20-15(17(25)19-9-11(3)7-14(23)24)21-22(16)13-6-4-5-12(18)8-13/h4-6,8,10-11H,7,9H2,1-3H3,(H,19,25)(H,23,24). The number of aromatic nitrogens is 3.